The van der Waals surface area contributed by atoms with Crippen molar-refractivity contribution < 1.29 is 14.0 Å². The Bertz CT molecular complexity index is 907. The van der Waals surface area contributed by atoms with Crippen LogP contribution in [0.3, 0.4) is 0 Å². The van der Waals surface area contributed by atoms with Crippen LogP contribution < -0.4 is 4.90 Å². The fourth-order valence-electron chi connectivity index (χ4n) is 3.95. The summed E-state index contributed by atoms with van der Waals surface area (Å²) in [5.74, 6) is -1.21. The number of amides is 2. The zero-order chi connectivity index (χ0) is 20.2. The lowest BCUT2D eigenvalue weighted by atomic mass is 10.1. The molecule has 0 radical (unpaired) electrons. The molecule has 0 spiro atoms. The van der Waals surface area contributed by atoms with Crippen LogP contribution in [0.5, 0.6) is 0 Å². The van der Waals surface area contributed by atoms with Gasteiger partial charge in [0.25, 0.3) is 5.91 Å². The van der Waals surface area contributed by atoms with Crippen molar-refractivity contribution in [2.45, 2.75) is 12.5 Å². The number of para-hydroxylation sites is 1. The number of anilines is 1. The van der Waals surface area contributed by atoms with Gasteiger partial charge in [0.2, 0.25) is 5.91 Å². The maximum absolute atomic E-state index is 14.1. The second-order valence-electron chi connectivity index (χ2n) is 7.39. The average Bonchev–Trinajstić information content (AvgIpc) is 3.04. The molecule has 0 aliphatic carbocycles. The summed E-state index contributed by atoms with van der Waals surface area (Å²) in [5, 5.41) is 0. The molecule has 2 heterocycles. The SMILES string of the molecule is O=C1C[C@@H](N2CCN(C/C=C/c3ccccc3)CC2)C(=O)N1c1ccccc1F. The fraction of sp³-hybridized carbons (Fsp3) is 0.304. The summed E-state index contributed by atoms with van der Waals surface area (Å²) >= 11 is 0. The molecule has 6 heteroatoms. The smallest absolute Gasteiger partial charge is 0.251 e. The Kier molecular flexibility index (Phi) is 5.83. The van der Waals surface area contributed by atoms with Crippen LogP contribution in [0.1, 0.15) is 12.0 Å². The van der Waals surface area contributed by atoms with Gasteiger partial charge in [-0.05, 0) is 17.7 Å². The average molecular weight is 393 g/mol. The molecule has 0 aromatic heterocycles. The van der Waals surface area contributed by atoms with Gasteiger partial charge in [-0.3, -0.25) is 19.4 Å². The summed E-state index contributed by atoms with van der Waals surface area (Å²) in [6.45, 7) is 3.94. The van der Waals surface area contributed by atoms with E-state index in [2.05, 4.69) is 34.1 Å². The van der Waals surface area contributed by atoms with E-state index in [-0.39, 0.29) is 23.9 Å². The highest BCUT2D eigenvalue weighted by atomic mass is 19.1. The molecule has 2 fully saturated rings. The molecule has 0 N–H and O–H groups in total. The Labute approximate surface area is 170 Å². The van der Waals surface area contributed by atoms with Crippen LogP contribution in [0.2, 0.25) is 0 Å². The monoisotopic (exact) mass is 393 g/mol. The molecular weight excluding hydrogens is 369 g/mol. The molecule has 2 aliphatic rings. The minimum absolute atomic E-state index is 0.0506. The van der Waals surface area contributed by atoms with E-state index in [4.69, 9.17) is 0 Å². The maximum Gasteiger partial charge on any atom is 0.251 e. The Balaban J connectivity index is 1.33. The van der Waals surface area contributed by atoms with Gasteiger partial charge in [-0.1, -0.05) is 54.6 Å². The number of hydrogen-bond acceptors (Lipinski definition) is 4. The molecule has 0 saturated carbocycles. The molecule has 2 aromatic carbocycles. The molecular formula is C23H24FN3O2. The lowest BCUT2D eigenvalue weighted by Gasteiger charge is -2.36. The Morgan fingerprint density at radius 3 is 2.34 bits per heavy atom. The van der Waals surface area contributed by atoms with E-state index in [1.807, 2.05) is 18.2 Å². The molecule has 0 bridgehead atoms. The van der Waals surface area contributed by atoms with Crippen LogP contribution in [-0.2, 0) is 9.59 Å². The summed E-state index contributed by atoms with van der Waals surface area (Å²) in [5.41, 5.74) is 1.23. The van der Waals surface area contributed by atoms with Crippen LogP contribution >= 0.6 is 0 Å². The first-order valence-corrected chi connectivity index (χ1v) is 9.93. The maximum atomic E-state index is 14.1. The minimum Gasteiger partial charge on any atom is -0.297 e. The largest absolute Gasteiger partial charge is 0.297 e. The van der Waals surface area contributed by atoms with Crippen LogP contribution in [0.4, 0.5) is 10.1 Å². The normalized spacial score (nSPS) is 21.4. The molecule has 2 aliphatic heterocycles. The third kappa shape index (κ3) is 4.28. The number of piperazine rings is 1. The summed E-state index contributed by atoms with van der Waals surface area (Å²) < 4.78 is 14.1. The third-order valence-corrected chi connectivity index (χ3v) is 5.54. The lowest BCUT2D eigenvalue weighted by molar-refractivity contribution is -0.123. The zero-order valence-electron chi connectivity index (χ0n) is 16.2. The first-order valence-electron chi connectivity index (χ1n) is 9.93. The third-order valence-electron chi connectivity index (χ3n) is 5.54. The van der Waals surface area contributed by atoms with Gasteiger partial charge in [-0.15, -0.1) is 0 Å². The van der Waals surface area contributed by atoms with Crippen molar-refractivity contribution in [3.63, 3.8) is 0 Å². The molecule has 150 valence electrons. The Hall–Kier alpha value is -2.83. The highest BCUT2D eigenvalue weighted by Crippen LogP contribution is 2.28. The van der Waals surface area contributed by atoms with Crippen LogP contribution in [0, 0.1) is 5.82 Å². The van der Waals surface area contributed by atoms with Crippen molar-refractivity contribution in [2.75, 3.05) is 37.6 Å². The van der Waals surface area contributed by atoms with E-state index in [0.29, 0.717) is 13.1 Å². The van der Waals surface area contributed by atoms with E-state index >= 15 is 0 Å². The molecule has 4 rings (SSSR count). The second kappa shape index (κ2) is 8.68. The summed E-state index contributed by atoms with van der Waals surface area (Å²) in [6.07, 6.45) is 4.37. The predicted octanol–water partition coefficient (Wildman–Crippen LogP) is 2.79. The van der Waals surface area contributed by atoms with Crippen molar-refractivity contribution in [1.82, 2.24) is 9.80 Å². The van der Waals surface area contributed by atoms with Crippen LogP contribution in [0.15, 0.2) is 60.7 Å². The number of imide groups is 1. The van der Waals surface area contributed by atoms with Gasteiger partial charge in [0.05, 0.1) is 18.2 Å². The number of carbonyl (C=O) groups is 2. The first kappa shape index (κ1) is 19.5. The van der Waals surface area contributed by atoms with Crippen LogP contribution in [0.25, 0.3) is 6.08 Å². The first-order chi connectivity index (χ1) is 14.1. The number of nitrogens with zero attached hydrogens (tertiary/aromatic N) is 3. The van der Waals surface area contributed by atoms with Gasteiger partial charge < -0.3 is 0 Å². The summed E-state index contributed by atoms with van der Waals surface area (Å²) in [6, 6.07) is 15.6. The molecule has 5 nitrogen and oxygen atoms in total. The number of benzene rings is 2. The van der Waals surface area contributed by atoms with Gasteiger partial charge >= 0.3 is 0 Å². The molecule has 29 heavy (non-hydrogen) atoms. The summed E-state index contributed by atoms with van der Waals surface area (Å²) in [4.78, 5) is 30.7. The minimum atomic E-state index is -0.551. The number of hydrogen-bond donors (Lipinski definition) is 0. The number of carbonyl (C=O) groups excluding carboxylic acids is 2. The standard InChI is InChI=1S/C23H24FN3O2/c24-19-10-4-5-11-20(19)27-22(28)17-21(23(27)29)26-15-13-25(14-16-26)12-6-9-18-7-2-1-3-8-18/h1-11,21H,12-17H2/b9-6+/t21-/m1/s1. The van der Waals surface area contributed by atoms with Crippen molar-refractivity contribution in [3.8, 4) is 0 Å². The lowest BCUT2D eigenvalue weighted by Crippen LogP contribution is -2.52. The van der Waals surface area contributed by atoms with Gasteiger partial charge in [-0.2, -0.15) is 0 Å². The molecule has 2 amide bonds. The van der Waals surface area contributed by atoms with Crippen LogP contribution in [-0.4, -0.2) is 60.4 Å². The van der Waals surface area contributed by atoms with Gasteiger partial charge in [-0.25, -0.2) is 9.29 Å². The second-order valence-corrected chi connectivity index (χ2v) is 7.39. The van der Waals surface area contributed by atoms with Crippen molar-refractivity contribution in [1.29, 1.82) is 0 Å². The van der Waals surface area contributed by atoms with E-state index in [9.17, 15) is 14.0 Å². The van der Waals surface area contributed by atoms with Crippen molar-refractivity contribution in [2.24, 2.45) is 0 Å². The van der Waals surface area contributed by atoms with Gasteiger partial charge in [0.15, 0.2) is 0 Å². The molecule has 1 atom stereocenters. The highest BCUT2D eigenvalue weighted by molar-refractivity contribution is 6.22. The topological polar surface area (TPSA) is 43.9 Å². The van der Waals surface area contributed by atoms with E-state index < -0.39 is 11.9 Å². The van der Waals surface area contributed by atoms with Gasteiger partial charge in [0, 0.05) is 32.7 Å². The van der Waals surface area contributed by atoms with E-state index in [1.165, 1.54) is 17.7 Å². The Morgan fingerprint density at radius 2 is 1.62 bits per heavy atom. The molecule has 2 aromatic rings. The number of rotatable bonds is 5. The van der Waals surface area contributed by atoms with Gasteiger partial charge in [0.1, 0.15) is 5.82 Å². The molecule has 0 unspecified atom stereocenters. The van der Waals surface area contributed by atoms with E-state index in [1.54, 1.807) is 12.1 Å². The van der Waals surface area contributed by atoms with E-state index in [0.717, 1.165) is 24.5 Å². The summed E-state index contributed by atoms with van der Waals surface area (Å²) in [7, 11) is 0. The van der Waals surface area contributed by atoms with Crippen molar-refractivity contribution >= 4 is 23.6 Å². The predicted molar refractivity (Wildman–Crippen MR) is 111 cm³/mol. The highest BCUT2D eigenvalue weighted by Gasteiger charge is 2.44. The fourth-order valence-corrected chi connectivity index (χ4v) is 3.95. The quantitative estimate of drug-likeness (QED) is 0.733. The Morgan fingerprint density at radius 1 is 0.931 bits per heavy atom. The number of halogens is 1. The van der Waals surface area contributed by atoms with Crippen molar-refractivity contribution in [3.05, 3.63) is 72.1 Å². The molecule has 2 saturated heterocycles. The zero-order valence-corrected chi connectivity index (χ0v) is 16.2.